The summed E-state index contributed by atoms with van der Waals surface area (Å²) in [6, 6.07) is 13.9. The van der Waals surface area contributed by atoms with E-state index in [2.05, 4.69) is 48.4 Å². The number of sulfonamides is 1. The van der Waals surface area contributed by atoms with Crippen molar-refractivity contribution in [1.29, 1.82) is 0 Å². The van der Waals surface area contributed by atoms with Crippen LogP contribution in [0.1, 0.15) is 14.4 Å². The van der Waals surface area contributed by atoms with Crippen LogP contribution in [0.25, 0.3) is 16.9 Å². The van der Waals surface area contributed by atoms with E-state index in [4.69, 9.17) is 14.7 Å². The van der Waals surface area contributed by atoms with Crippen molar-refractivity contribution in [3.63, 3.8) is 0 Å². The molecule has 0 aliphatic heterocycles. The Hall–Kier alpha value is -3.17. The van der Waals surface area contributed by atoms with Crippen LogP contribution in [0.15, 0.2) is 78.3 Å². The monoisotopic (exact) mass is 547 g/mol. The van der Waals surface area contributed by atoms with Crippen LogP contribution in [0.5, 0.6) is 0 Å². The fraction of sp³-hybridized carbons (Fsp3) is 0.0952. The predicted molar refractivity (Wildman–Crippen MR) is 144 cm³/mol. The highest BCUT2D eigenvalue weighted by molar-refractivity contribution is 7.96. The second-order valence-corrected chi connectivity index (χ2v) is 8.14. The molecule has 0 unspecified atom stereocenters. The maximum Gasteiger partial charge on any atom is 0.273 e. The van der Waals surface area contributed by atoms with Crippen LogP contribution in [0.4, 0.5) is 14.0 Å². The lowest BCUT2D eigenvalue weighted by Crippen LogP contribution is -2.16. The van der Waals surface area contributed by atoms with Crippen molar-refractivity contribution < 1.29 is 27.9 Å². The number of amides is 2. The van der Waals surface area contributed by atoms with E-state index in [1.807, 2.05) is 6.92 Å². The second kappa shape index (κ2) is 18.2. The summed E-state index contributed by atoms with van der Waals surface area (Å²) in [6.45, 7) is 5.25. The Labute approximate surface area is 215 Å². The van der Waals surface area contributed by atoms with Gasteiger partial charge in [-0.3, -0.25) is 9.59 Å². The van der Waals surface area contributed by atoms with Gasteiger partial charge in [-0.05, 0) is 49.4 Å². The summed E-state index contributed by atoms with van der Waals surface area (Å²) in [6.07, 6.45) is 3.29. The number of nitrogens with two attached hydrogens (primary N) is 3. The van der Waals surface area contributed by atoms with Crippen molar-refractivity contribution in [3.8, 4) is 16.9 Å². The molecule has 35 heavy (non-hydrogen) atoms. The molecule has 0 radical (unpaired) electrons. The number of nitrogens with zero attached hydrogens (tertiary/aromatic N) is 2. The Balaban J connectivity index is -0.000000673. The van der Waals surface area contributed by atoms with E-state index >= 15 is 0 Å². The van der Waals surface area contributed by atoms with Gasteiger partial charge in [0.2, 0.25) is 10.0 Å². The number of thiol groups is 2. The molecule has 194 valence electrons. The van der Waals surface area contributed by atoms with Gasteiger partial charge < -0.3 is 16.9 Å². The molecule has 0 fully saturated rings. The Morgan fingerprint density at radius 3 is 1.89 bits per heavy atom. The number of carbonyl (C=O) groups is 2. The molecule has 0 atom stereocenters. The molecule has 2 amide bonds. The minimum Gasteiger partial charge on any atom is -0.412 e. The number of primary amides is 2. The average molecular weight is 548 g/mol. The van der Waals surface area contributed by atoms with E-state index in [1.54, 1.807) is 48.7 Å². The molecular formula is C21H30FN5O5S3. The first-order chi connectivity index (χ1) is 15.3. The number of hydrogen-bond acceptors (Lipinski definition) is 5. The minimum absolute atomic E-state index is 0. The van der Waals surface area contributed by atoms with E-state index in [9.17, 15) is 12.8 Å². The van der Waals surface area contributed by atoms with Gasteiger partial charge in [0.1, 0.15) is 10.7 Å². The molecule has 0 saturated carbocycles. The van der Waals surface area contributed by atoms with Gasteiger partial charge in [0.05, 0.1) is 17.6 Å². The summed E-state index contributed by atoms with van der Waals surface area (Å²) in [5, 5.41) is 8.14. The SMILES string of the molecule is C.C=CC.NC(=O)S.NC(=O)S.NS(=O)(=O)c1ccccc1-n1nccc1-c1ccc(F)cc1.O. The summed E-state index contributed by atoms with van der Waals surface area (Å²) in [7, 11) is -3.89. The molecule has 3 rings (SSSR count). The van der Waals surface area contributed by atoms with Crippen molar-refractivity contribution in [2.75, 3.05) is 0 Å². The molecule has 3 aromatic rings. The molecule has 10 nitrogen and oxygen atoms in total. The van der Waals surface area contributed by atoms with Crippen LogP contribution in [-0.4, -0.2) is 34.2 Å². The average Bonchev–Trinajstić information content (AvgIpc) is 3.17. The van der Waals surface area contributed by atoms with Gasteiger partial charge >= 0.3 is 0 Å². The third kappa shape index (κ3) is 14.6. The van der Waals surface area contributed by atoms with Crippen molar-refractivity contribution in [1.82, 2.24) is 9.78 Å². The van der Waals surface area contributed by atoms with Gasteiger partial charge in [-0.15, -0.1) is 6.58 Å². The molecule has 0 saturated heterocycles. The molecule has 0 aliphatic rings. The zero-order valence-corrected chi connectivity index (χ0v) is 20.6. The van der Waals surface area contributed by atoms with Crippen LogP contribution in [0.3, 0.4) is 0 Å². The Bertz CT molecular complexity index is 1150. The molecule has 0 spiro atoms. The zero-order chi connectivity index (χ0) is 25.6. The molecule has 8 N–H and O–H groups in total. The number of primary sulfonamides is 1. The number of hydrogen-bond donors (Lipinski definition) is 5. The molecule has 0 aliphatic carbocycles. The van der Waals surface area contributed by atoms with Crippen molar-refractivity contribution >= 4 is 45.8 Å². The lowest BCUT2D eigenvalue weighted by molar-refractivity contribution is 0.266. The Morgan fingerprint density at radius 1 is 1.03 bits per heavy atom. The van der Waals surface area contributed by atoms with E-state index in [-0.39, 0.29) is 23.6 Å². The normalized spacial score (nSPS) is 9.06. The number of rotatable bonds is 3. The van der Waals surface area contributed by atoms with Crippen molar-refractivity contribution in [2.24, 2.45) is 16.6 Å². The lowest BCUT2D eigenvalue weighted by atomic mass is 10.1. The first kappa shape index (κ1) is 36.4. The minimum atomic E-state index is -3.89. The first-order valence-corrected chi connectivity index (χ1v) is 11.2. The van der Waals surface area contributed by atoms with Crippen molar-refractivity contribution in [2.45, 2.75) is 19.2 Å². The highest BCUT2D eigenvalue weighted by Crippen LogP contribution is 2.26. The topological polar surface area (TPSA) is 196 Å². The number of halogens is 1. The van der Waals surface area contributed by atoms with Crippen LogP contribution in [-0.2, 0) is 10.0 Å². The van der Waals surface area contributed by atoms with Gasteiger partial charge in [-0.1, -0.05) is 50.9 Å². The quantitative estimate of drug-likeness (QED) is 0.247. The number of carbonyl (C=O) groups excluding carboxylic acids is 2. The number of para-hydroxylation sites is 1. The fourth-order valence-electron chi connectivity index (χ4n) is 2.21. The summed E-state index contributed by atoms with van der Waals surface area (Å²) in [4.78, 5) is 18.1. The molecule has 1 heterocycles. The zero-order valence-electron chi connectivity index (χ0n) is 18.0. The molecule has 1 aromatic heterocycles. The third-order valence-electron chi connectivity index (χ3n) is 3.18. The molecule has 0 bridgehead atoms. The standard InChI is InChI=1S/C15H12FN3O2S.C3H6.2CH3NOS.CH4.H2O/c16-12-7-5-11(6-8-12)13-9-10-18-19(13)14-3-1-2-4-15(14)22(17,20)21;1-3-2;2*2-1(3)4;;/h1-10H,(H2,17,20,21);3H,1H2,2H3;2*(H3,2,3,4);1H4;1H2. The van der Waals surface area contributed by atoms with E-state index in [1.165, 1.54) is 22.9 Å². The Kier molecular flexibility index (Phi) is 18.9. The molecule has 2 aromatic carbocycles. The largest absolute Gasteiger partial charge is 0.412 e. The smallest absolute Gasteiger partial charge is 0.273 e. The molecule has 14 heteroatoms. The highest BCUT2D eigenvalue weighted by atomic mass is 32.2. The van der Waals surface area contributed by atoms with Crippen LogP contribution >= 0.6 is 25.3 Å². The third-order valence-corrected chi connectivity index (χ3v) is 4.14. The molecular weight excluding hydrogens is 517 g/mol. The van der Waals surface area contributed by atoms with Crippen LogP contribution in [0.2, 0.25) is 0 Å². The maximum absolute atomic E-state index is 13.1. The van der Waals surface area contributed by atoms with Gasteiger partial charge in [0.15, 0.2) is 0 Å². The van der Waals surface area contributed by atoms with Gasteiger partial charge in [0.25, 0.3) is 10.5 Å². The fourth-order valence-corrected chi connectivity index (χ4v) is 2.92. The van der Waals surface area contributed by atoms with E-state index in [0.29, 0.717) is 16.9 Å². The number of benzene rings is 2. The van der Waals surface area contributed by atoms with Crippen molar-refractivity contribution in [3.05, 3.63) is 79.3 Å². The summed E-state index contributed by atoms with van der Waals surface area (Å²) >= 11 is 6.21. The van der Waals surface area contributed by atoms with Crippen LogP contribution < -0.4 is 16.6 Å². The lowest BCUT2D eigenvalue weighted by Gasteiger charge is -2.11. The summed E-state index contributed by atoms with van der Waals surface area (Å²) < 4.78 is 38.0. The van der Waals surface area contributed by atoms with Gasteiger partial charge in [0, 0.05) is 5.56 Å². The van der Waals surface area contributed by atoms with Gasteiger partial charge in [-0.25, -0.2) is 22.6 Å². The highest BCUT2D eigenvalue weighted by Gasteiger charge is 2.17. The maximum atomic E-state index is 13.1. The first-order valence-electron chi connectivity index (χ1n) is 8.81. The van der Waals surface area contributed by atoms with Crippen LogP contribution in [0, 0.1) is 5.82 Å². The number of allylic oxidation sites excluding steroid dienone is 1. The van der Waals surface area contributed by atoms with E-state index < -0.39 is 20.5 Å². The second-order valence-electron chi connectivity index (χ2n) is 5.73. The van der Waals surface area contributed by atoms with Gasteiger partial charge in [-0.2, -0.15) is 5.10 Å². The van der Waals surface area contributed by atoms with E-state index in [0.717, 1.165) is 0 Å². The Morgan fingerprint density at radius 2 is 1.46 bits per heavy atom. The summed E-state index contributed by atoms with van der Waals surface area (Å²) in [5.74, 6) is -0.347. The summed E-state index contributed by atoms with van der Waals surface area (Å²) in [5.41, 5.74) is 10.4. The number of aromatic nitrogens is 2. The predicted octanol–water partition coefficient (Wildman–Crippen LogP) is 3.32.